The highest BCUT2D eigenvalue weighted by Gasteiger charge is 2.50. The zero-order valence-corrected chi connectivity index (χ0v) is 9.12. The number of carbonyl (C=O) groups excluding carboxylic acids is 1. The fourth-order valence-electron chi connectivity index (χ4n) is 3.11. The standard InChI is InChI=1S/C11H20N2O/c1-3-13-9(14)7-8(12)10(13)11(2)5-4-6-11/h8,10H,3-7,12H2,1-2H3. The molecule has 2 atom stereocenters. The second-order valence-corrected chi connectivity index (χ2v) is 5.00. The van der Waals surface area contributed by atoms with Crippen molar-refractivity contribution in [3.63, 3.8) is 0 Å². The molecular weight excluding hydrogens is 176 g/mol. The van der Waals surface area contributed by atoms with Gasteiger partial charge in [0, 0.05) is 19.0 Å². The number of rotatable bonds is 2. The molecule has 0 aromatic rings. The topological polar surface area (TPSA) is 46.3 Å². The summed E-state index contributed by atoms with van der Waals surface area (Å²) < 4.78 is 0. The maximum absolute atomic E-state index is 11.7. The van der Waals surface area contributed by atoms with E-state index in [1.54, 1.807) is 0 Å². The van der Waals surface area contributed by atoms with E-state index in [1.807, 2.05) is 11.8 Å². The Kier molecular flexibility index (Phi) is 2.30. The Morgan fingerprint density at radius 1 is 1.57 bits per heavy atom. The van der Waals surface area contributed by atoms with E-state index in [4.69, 9.17) is 5.73 Å². The zero-order chi connectivity index (χ0) is 10.3. The molecule has 1 aliphatic carbocycles. The Morgan fingerprint density at radius 2 is 2.21 bits per heavy atom. The van der Waals surface area contributed by atoms with E-state index in [0.29, 0.717) is 17.9 Å². The van der Waals surface area contributed by atoms with E-state index in [-0.39, 0.29) is 11.9 Å². The van der Waals surface area contributed by atoms with Crippen LogP contribution in [-0.2, 0) is 4.79 Å². The van der Waals surface area contributed by atoms with Gasteiger partial charge in [0.15, 0.2) is 0 Å². The summed E-state index contributed by atoms with van der Waals surface area (Å²) in [5.74, 6) is 0.248. The van der Waals surface area contributed by atoms with Crippen LogP contribution in [0, 0.1) is 5.41 Å². The van der Waals surface area contributed by atoms with Gasteiger partial charge in [-0.05, 0) is 25.2 Å². The maximum atomic E-state index is 11.7. The number of hydrogen-bond donors (Lipinski definition) is 1. The lowest BCUT2D eigenvalue weighted by Crippen LogP contribution is -2.53. The molecule has 1 aliphatic heterocycles. The van der Waals surface area contributed by atoms with Gasteiger partial charge in [0.2, 0.25) is 5.91 Å². The Morgan fingerprint density at radius 3 is 2.64 bits per heavy atom. The fraction of sp³-hybridized carbons (Fsp3) is 0.909. The van der Waals surface area contributed by atoms with E-state index >= 15 is 0 Å². The number of likely N-dealkylation sites (N-methyl/N-ethyl adjacent to an activating group) is 1. The van der Waals surface area contributed by atoms with Crippen molar-refractivity contribution in [2.24, 2.45) is 11.1 Å². The Balaban J connectivity index is 2.19. The fourth-order valence-corrected chi connectivity index (χ4v) is 3.11. The smallest absolute Gasteiger partial charge is 0.224 e. The highest BCUT2D eigenvalue weighted by atomic mass is 16.2. The van der Waals surface area contributed by atoms with Crippen LogP contribution in [0.25, 0.3) is 0 Å². The molecular formula is C11H20N2O. The average molecular weight is 196 g/mol. The molecule has 2 rings (SSSR count). The van der Waals surface area contributed by atoms with Crippen molar-refractivity contribution in [3.05, 3.63) is 0 Å². The Bertz CT molecular complexity index is 248. The van der Waals surface area contributed by atoms with Crippen LogP contribution >= 0.6 is 0 Å². The predicted molar refractivity (Wildman–Crippen MR) is 55.7 cm³/mol. The van der Waals surface area contributed by atoms with Gasteiger partial charge in [0.1, 0.15) is 0 Å². The molecule has 1 saturated heterocycles. The monoisotopic (exact) mass is 196 g/mol. The lowest BCUT2D eigenvalue weighted by molar-refractivity contribution is -0.131. The van der Waals surface area contributed by atoms with Gasteiger partial charge in [-0.2, -0.15) is 0 Å². The van der Waals surface area contributed by atoms with Crippen LogP contribution in [0.1, 0.15) is 39.5 Å². The van der Waals surface area contributed by atoms with E-state index in [9.17, 15) is 4.79 Å². The molecule has 2 aliphatic rings. The van der Waals surface area contributed by atoms with Gasteiger partial charge in [0.05, 0.1) is 6.04 Å². The van der Waals surface area contributed by atoms with Gasteiger partial charge in [0.25, 0.3) is 0 Å². The molecule has 1 heterocycles. The van der Waals surface area contributed by atoms with Crippen LogP contribution in [-0.4, -0.2) is 29.4 Å². The van der Waals surface area contributed by atoms with E-state index in [0.717, 1.165) is 6.54 Å². The summed E-state index contributed by atoms with van der Waals surface area (Å²) in [6.45, 7) is 5.14. The zero-order valence-electron chi connectivity index (χ0n) is 9.12. The molecule has 80 valence electrons. The van der Waals surface area contributed by atoms with Crippen LogP contribution < -0.4 is 5.73 Å². The van der Waals surface area contributed by atoms with Gasteiger partial charge in [-0.3, -0.25) is 4.79 Å². The lowest BCUT2D eigenvalue weighted by Gasteiger charge is -2.48. The molecule has 2 unspecified atom stereocenters. The summed E-state index contributed by atoms with van der Waals surface area (Å²) in [5, 5.41) is 0. The van der Waals surface area contributed by atoms with E-state index in [1.165, 1.54) is 19.3 Å². The molecule has 14 heavy (non-hydrogen) atoms. The van der Waals surface area contributed by atoms with Crippen molar-refractivity contribution >= 4 is 5.91 Å². The second kappa shape index (κ2) is 3.23. The molecule has 2 fully saturated rings. The van der Waals surface area contributed by atoms with Crippen molar-refractivity contribution in [2.45, 2.75) is 51.6 Å². The third kappa shape index (κ3) is 1.26. The first-order valence-electron chi connectivity index (χ1n) is 5.63. The summed E-state index contributed by atoms with van der Waals surface area (Å²) >= 11 is 0. The molecule has 1 saturated carbocycles. The molecule has 0 aromatic heterocycles. The second-order valence-electron chi connectivity index (χ2n) is 5.00. The summed E-state index contributed by atoms with van der Waals surface area (Å²) in [5.41, 5.74) is 6.38. The largest absolute Gasteiger partial charge is 0.338 e. The highest BCUT2D eigenvalue weighted by molar-refractivity contribution is 5.80. The van der Waals surface area contributed by atoms with Gasteiger partial charge >= 0.3 is 0 Å². The molecule has 3 heteroatoms. The molecule has 0 bridgehead atoms. The maximum Gasteiger partial charge on any atom is 0.224 e. The van der Waals surface area contributed by atoms with E-state index in [2.05, 4.69) is 6.92 Å². The summed E-state index contributed by atoms with van der Waals surface area (Å²) in [6.07, 6.45) is 4.31. The summed E-state index contributed by atoms with van der Waals surface area (Å²) in [7, 11) is 0. The van der Waals surface area contributed by atoms with Crippen LogP contribution in [0.15, 0.2) is 0 Å². The summed E-state index contributed by atoms with van der Waals surface area (Å²) in [6, 6.07) is 0.362. The highest BCUT2D eigenvalue weighted by Crippen LogP contribution is 2.48. The van der Waals surface area contributed by atoms with Crippen LogP contribution in [0.3, 0.4) is 0 Å². The van der Waals surface area contributed by atoms with Crippen LogP contribution in [0.2, 0.25) is 0 Å². The number of nitrogens with two attached hydrogens (primary N) is 1. The number of hydrogen-bond acceptors (Lipinski definition) is 2. The lowest BCUT2D eigenvalue weighted by atomic mass is 9.64. The summed E-state index contributed by atoms with van der Waals surface area (Å²) in [4.78, 5) is 13.6. The number of likely N-dealkylation sites (tertiary alicyclic amines) is 1. The predicted octanol–water partition coefficient (Wildman–Crippen LogP) is 1.12. The van der Waals surface area contributed by atoms with Crippen LogP contribution in [0.4, 0.5) is 0 Å². The molecule has 2 N–H and O–H groups in total. The molecule has 0 aromatic carbocycles. The van der Waals surface area contributed by atoms with Gasteiger partial charge in [-0.1, -0.05) is 13.3 Å². The van der Waals surface area contributed by atoms with Crippen molar-refractivity contribution in [1.29, 1.82) is 0 Å². The van der Waals surface area contributed by atoms with Gasteiger partial charge in [-0.25, -0.2) is 0 Å². The number of amides is 1. The third-order valence-electron chi connectivity index (χ3n) is 4.02. The Hall–Kier alpha value is -0.570. The minimum absolute atomic E-state index is 0.0627. The normalized spacial score (nSPS) is 35.9. The minimum atomic E-state index is 0.0627. The molecule has 1 amide bonds. The first kappa shape index (κ1) is 9.97. The number of carbonyl (C=O) groups is 1. The Labute approximate surface area is 85.6 Å². The molecule has 3 nitrogen and oxygen atoms in total. The number of nitrogens with zero attached hydrogens (tertiary/aromatic N) is 1. The van der Waals surface area contributed by atoms with Gasteiger partial charge < -0.3 is 10.6 Å². The van der Waals surface area contributed by atoms with Crippen molar-refractivity contribution in [3.8, 4) is 0 Å². The first-order chi connectivity index (χ1) is 6.58. The van der Waals surface area contributed by atoms with Crippen molar-refractivity contribution < 1.29 is 4.79 Å². The third-order valence-corrected chi connectivity index (χ3v) is 4.02. The first-order valence-corrected chi connectivity index (χ1v) is 5.63. The average Bonchev–Trinajstić information content (AvgIpc) is 2.36. The molecule has 0 radical (unpaired) electrons. The minimum Gasteiger partial charge on any atom is -0.338 e. The van der Waals surface area contributed by atoms with Gasteiger partial charge in [-0.15, -0.1) is 0 Å². The SMILES string of the molecule is CCN1C(=O)CC(N)C1C1(C)CCC1. The molecule has 0 spiro atoms. The van der Waals surface area contributed by atoms with E-state index < -0.39 is 0 Å². The van der Waals surface area contributed by atoms with Crippen molar-refractivity contribution in [2.75, 3.05) is 6.54 Å². The quantitative estimate of drug-likeness (QED) is 0.719. The van der Waals surface area contributed by atoms with Crippen LogP contribution in [0.5, 0.6) is 0 Å². The van der Waals surface area contributed by atoms with Crippen molar-refractivity contribution in [1.82, 2.24) is 4.90 Å².